The van der Waals surface area contributed by atoms with Gasteiger partial charge < -0.3 is 35.3 Å². The number of carbonyl (C=O) groups is 4. The number of carboxylic acid groups (broad SMARTS) is 1. The van der Waals surface area contributed by atoms with Crippen LogP contribution in [-0.4, -0.2) is 88.5 Å². The SMILES string of the molecule is COc1ccc(-c2cnc(C(=O)Nc3ccc(C(=O)N4CCN(C(=O)CCCN)CC4)c(Cl)c3)n2C)c(F)c1F.O=CO. The fourth-order valence-electron chi connectivity index (χ4n) is 4.45. The van der Waals surface area contributed by atoms with Gasteiger partial charge in [0.2, 0.25) is 11.7 Å². The molecule has 3 amide bonds. The summed E-state index contributed by atoms with van der Waals surface area (Å²) in [5.41, 5.74) is 6.15. The van der Waals surface area contributed by atoms with Gasteiger partial charge in [-0.05, 0) is 43.3 Å². The molecule has 0 saturated carbocycles. The van der Waals surface area contributed by atoms with Crippen molar-refractivity contribution in [1.82, 2.24) is 19.4 Å². The second-order valence-corrected chi connectivity index (χ2v) is 9.70. The molecule has 2 aromatic carbocycles. The Balaban J connectivity index is 0.00000162. The molecule has 2 heterocycles. The van der Waals surface area contributed by atoms with Crippen molar-refractivity contribution >= 4 is 41.5 Å². The summed E-state index contributed by atoms with van der Waals surface area (Å²) in [6.07, 6.45) is 2.28. The molecule has 1 aliphatic rings. The van der Waals surface area contributed by atoms with Crippen LogP contribution < -0.4 is 15.8 Å². The minimum atomic E-state index is -1.14. The molecular weight excluding hydrogens is 590 g/mol. The first kappa shape index (κ1) is 32.9. The van der Waals surface area contributed by atoms with Gasteiger partial charge in [-0.25, -0.2) is 9.37 Å². The number of hydrogen-bond acceptors (Lipinski definition) is 7. The Bertz CT molecular complexity index is 1490. The fraction of sp³-hybridized carbons (Fsp3) is 0.321. The van der Waals surface area contributed by atoms with Crippen LogP contribution in [0.15, 0.2) is 36.5 Å². The maximum absolute atomic E-state index is 14.6. The maximum atomic E-state index is 14.6. The van der Waals surface area contributed by atoms with Gasteiger partial charge in [-0.2, -0.15) is 4.39 Å². The van der Waals surface area contributed by atoms with Crippen LogP contribution in [0.25, 0.3) is 11.3 Å². The molecule has 0 unspecified atom stereocenters. The number of hydrogen-bond donors (Lipinski definition) is 3. The molecule has 0 radical (unpaired) electrons. The largest absolute Gasteiger partial charge is 0.494 e. The number of ether oxygens (including phenoxy) is 1. The number of anilines is 1. The summed E-state index contributed by atoms with van der Waals surface area (Å²) < 4.78 is 34.9. The summed E-state index contributed by atoms with van der Waals surface area (Å²) in [6, 6.07) is 7.12. The number of methoxy groups -OCH3 is 1. The number of halogens is 3. The molecule has 15 heteroatoms. The van der Waals surface area contributed by atoms with Crippen LogP contribution in [0.3, 0.4) is 0 Å². The van der Waals surface area contributed by atoms with Gasteiger partial charge in [0.1, 0.15) is 0 Å². The van der Waals surface area contributed by atoms with Crippen LogP contribution in [0, 0.1) is 11.6 Å². The predicted molar refractivity (Wildman–Crippen MR) is 154 cm³/mol. The van der Waals surface area contributed by atoms with E-state index in [9.17, 15) is 23.2 Å². The second-order valence-electron chi connectivity index (χ2n) is 9.29. The van der Waals surface area contributed by atoms with Crippen molar-refractivity contribution in [3.63, 3.8) is 0 Å². The number of nitrogens with zero attached hydrogens (tertiary/aromatic N) is 4. The summed E-state index contributed by atoms with van der Waals surface area (Å²) >= 11 is 6.40. The highest BCUT2D eigenvalue weighted by Gasteiger charge is 2.26. The van der Waals surface area contributed by atoms with Gasteiger partial charge in [-0.3, -0.25) is 19.2 Å². The molecule has 4 rings (SSSR count). The number of nitrogens with two attached hydrogens (primary N) is 1. The van der Waals surface area contributed by atoms with Gasteiger partial charge in [0, 0.05) is 50.9 Å². The Labute approximate surface area is 251 Å². The lowest BCUT2D eigenvalue weighted by Gasteiger charge is -2.35. The topological polar surface area (TPSA) is 160 Å². The van der Waals surface area contributed by atoms with Gasteiger partial charge in [0.05, 0.1) is 29.6 Å². The molecule has 1 fully saturated rings. The standard InChI is InChI=1S/C27H29ClF2N6O4.CH2O2/c1-34-20(18-7-8-21(40-2)24(30)23(18)29)15-32-25(34)26(38)33-16-5-6-17(19(28)14-16)27(39)36-12-10-35(11-13-36)22(37)4-3-9-31;2-1-3/h5-8,14-15H,3-4,9-13,31H2,1-2H3,(H,33,38);1H,(H,2,3). The number of imidazole rings is 1. The van der Waals surface area contributed by atoms with E-state index in [1.54, 1.807) is 9.80 Å². The first-order valence-electron chi connectivity index (χ1n) is 13.1. The van der Waals surface area contributed by atoms with E-state index >= 15 is 0 Å². The van der Waals surface area contributed by atoms with Crippen LogP contribution in [0.1, 0.15) is 33.8 Å². The van der Waals surface area contributed by atoms with E-state index in [1.807, 2.05) is 0 Å². The zero-order valence-electron chi connectivity index (χ0n) is 23.5. The maximum Gasteiger partial charge on any atom is 0.291 e. The summed E-state index contributed by atoms with van der Waals surface area (Å²) in [4.78, 5) is 54.0. The molecule has 1 aliphatic heterocycles. The van der Waals surface area contributed by atoms with Crippen molar-refractivity contribution in [2.45, 2.75) is 12.8 Å². The first-order valence-corrected chi connectivity index (χ1v) is 13.5. The van der Waals surface area contributed by atoms with E-state index in [0.717, 1.165) is 0 Å². The van der Waals surface area contributed by atoms with Gasteiger partial charge in [0.25, 0.3) is 18.3 Å². The van der Waals surface area contributed by atoms with Crippen molar-refractivity contribution < 1.29 is 37.8 Å². The number of amides is 3. The van der Waals surface area contributed by atoms with Crippen LogP contribution in [0.2, 0.25) is 5.02 Å². The number of nitrogens with one attached hydrogen (secondary N) is 1. The van der Waals surface area contributed by atoms with Crippen LogP contribution in [0.4, 0.5) is 14.5 Å². The third-order valence-corrected chi connectivity index (χ3v) is 7.02. The fourth-order valence-corrected chi connectivity index (χ4v) is 4.71. The van der Waals surface area contributed by atoms with E-state index in [0.29, 0.717) is 51.3 Å². The van der Waals surface area contributed by atoms with Crippen molar-refractivity contribution in [1.29, 1.82) is 0 Å². The molecule has 43 heavy (non-hydrogen) atoms. The molecule has 1 saturated heterocycles. The quantitative estimate of drug-likeness (QED) is 0.324. The molecular formula is C28H31ClF2N6O6. The lowest BCUT2D eigenvalue weighted by Crippen LogP contribution is -2.50. The van der Waals surface area contributed by atoms with E-state index < -0.39 is 17.5 Å². The van der Waals surface area contributed by atoms with Crippen molar-refractivity contribution in [3.8, 4) is 17.0 Å². The molecule has 230 valence electrons. The number of aromatic nitrogens is 2. The first-order chi connectivity index (χ1) is 20.6. The summed E-state index contributed by atoms with van der Waals surface area (Å²) in [5.74, 6) is -3.43. The van der Waals surface area contributed by atoms with Gasteiger partial charge in [-0.15, -0.1) is 0 Å². The Hall–Kier alpha value is -4.56. The number of carbonyl (C=O) groups excluding carboxylic acids is 3. The van der Waals surface area contributed by atoms with E-state index in [4.69, 9.17) is 32.0 Å². The Morgan fingerprint density at radius 2 is 1.77 bits per heavy atom. The molecule has 0 spiro atoms. The molecule has 0 aliphatic carbocycles. The van der Waals surface area contributed by atoms with E-state index in [-0.39, 0.29) is 51.7 Å². The zero-order chi connectivity index (χ0) is 31.7. The van der Waals surface area contributed by atoms with Crippen LogP contribution in [-0.2, 0) is 16.6 Å². The molecule has 0 bridgehead atoms. The van der Waals surface area contributed by atoms with Crippen molar-refractivity contribution in [3.05, 3.63) is 64.6 Å². The Kier molecular flexibility index (Phi) is 11.5. The average Bonchev–Trinajstić information content (AvgIpc) is 3.38. The normalized spacial score (nSPS) is 12.7. The predicted octanol–water partition coefficient (Wildman–Crippen LogP) is 3.00. The molecule has 12 nitrogen and oxygen atoms in total. The number of benzene rings is 2. The molecule has 1 aromatic heterocycles. The average molecular weight is 621 g/mol. The Morgan fingerprint density at radius 3 is 2.37 bits per heavy atom. The van der Waals surface area contributed by atoms with Crippen LogP contribution >= 0.6 is 11.6 Å². The third kappa shape index (κ3) is 7.64. The summed E-state index contributed by atoms with van der Waals surface area (Å²) in [7, 11) is 2.73. The lowest BCUT2D eigenvalue weighted by molar-refractivity contribution is -0.132. The van der Waals surface area contributed by atoms with E-state index in [2.05, 4.69) is 10.3 Å². The highest BCUT2D eigenvalue weighted by molar-refractivity contribution is 6.34. The minimum absolute atomic E-state index is 0.0248. The third-order valence-electron chi connectivity index (χ3n) is 6.71. The van der Waals surface area contributed by atoms with Gasteiger partial charge >= 0.3 is 0 Å². The molecule has 4 N–H and O–H groups in total. The van der Waals surface area contributed by atoms with E-state index in [1.165, 1.54) is 55.3 Å². The Morgan fingerprint density at radius 1 is 1.12 bits per heavy atom. The van der Waals surface area contributed by atoms with Crippen molar-refractivity contribution in [2.75, 3.05) is 45.2 Å². The summed E-state index contributed by atoms with van der Waals surface area (Å²) in [6.45, 7) is 1.82. The minimum Gasteiger partial charge on any atom is -0.494 e. The lowest BCUT2D eigenvalue weighted by atomic mass is 10.1. The summed E-state index contributed by atoms with van der Waals surface area (Å²) in [5, 5.41) is 9.69. The van der Waals surface area contributed by atoms with Gasteiger partial charge in [-0.1, -0.05) is 11.6 Å². The molecule has 0 atom stereocenters. The monoisotopic (exact) mass is 620 g/mol. The number of rotatable bonds is 8. The zero-order valence-corrected chi connectivity index (χ0v) is 24.2. The number of piperazine rings is 1. The van der Waals surface area contributed by atoms with Crippen LogP contribution in [0.5, 0.6) is 5.75 Å². The second kappa shape index (κ2) is 15.1. The van der Waals surface area contributed by atoms with Gasteiger partial charge in [0.15, 0.2) is 17.4 Å². The van der Waals surface area contributed by atoms with Crippen molar-refractivity contribution in [2.24, 2.45) is 12.8 Å². The smallest absolute Gasteiger partial charge is 0.291 e. The highest BCUT2D eigenvalue weighted by Crippen LogP contribution is 2.30. The molecule has 3 aromatic rings. The highest BCUT2D eigenvalue weighted by atomic mass is 35.5.